The lowest BCUT2D eigenvalue weighted by Gasteiger charge is -2.34. The highest BCUT2D eigenvalue weighted by Gasteiger charge is 2.26. The van der Waals surface area contributed by atoms with E-state index >= 15 is 0 Å². The van der Waals surface area contributed by atoms with Gasteiger partial charge >= 0.3 is 6.09 Å². The number of hydrogen-bond acceptors (Lipinski definition) is 6. The molecule has 0 saturated carbocycles. The van der Waals surface area contributed by atoms with Crippen LogP contribution in [0.2, 0.25) is 0 Å². The molecule has 9 nitrogen and oxygen atoms in total. The molecule has 0 bridgehead atoms. The maximum absolute atomic E-state index is 12.7. The van der Waals surface area contributed by atoms with Gasteiger partial charge in [0.05, 0.1) is 12.2 Å². The number of nitrogens with zero attached hydrogens (tertiary/aromatic N) is 5. The quantitative estimate of drug-likeness (QED) is 0.703. The fourth-order valence-electron chi connectivity index (χ4n) is 3.25. The van der Waals surface area contributed by atoms with Crippen LogP contribution in [0.25, 0.3) is 0 Å². The second-order valence-corrected chi connectivity index (χ2v) is 6.51. The average molecular weight is 375 g/mol. The summed E-state index contributed by atoms with van der Waals surface area (Å²) in [6.45, 7) is 6.84. The van der Waals surface area contributed by atoms with Crippen LogP contribution in [0.4, 0.5) is 10.6 Å². The zero-order valence-electron chi connectivity index (χ0n) is 15.5. The number of hydrogen-bond donors (Lipinski definition) is 0. The minimum atomic E-state index is -0.328. The normalized spacial score (nSPS) is 17.7. The Morgan fingerprint density at radius 1 is 1.04 bits per heavy atom. The summed E-state index contributed by atoms with van der Waals surface area (Å²) in [4.78, 5) is 46.8. The summed E-state index contributed by atoms with van der Waals surface area (Å²) in [6, 6.07) is 3.63. The molecule has 0 aromatic carbocycles. The number of carbonyl (C=O) groups excluding carboxylic acids is 3. The lowest BCUT2D eigenvalue weighted by atomic mass is 10.2. The van der Waals surface area contributed by atoms with Crippen molar-refractivity contribution in [2.24, 2.45) is 0 Å². The van der Waals surface area contributed by atoms with Crippen molar-refractivity contribution in [1.82, 2.24) is 19.7 Å². The smallest absolute Gasteiger partial charge is 0.409 e. The summed E-state index contributed by atoms with van der Waals surface area (Å²) >= 11 is 0. The highest BCUT2D eigenvalue weighted by molar-refractivity contribution is 5.94. The summed E-state index contributed by atoms with van der Waals surface area (Å²) < 4.78 is 4.99. The first kappa shape index (κ1) is 18.9. The van der Waals surface area contributed by atoms with Crippen molar-refractivity contribution in [3.8, 4) is 0 Å². The second kappa shape index (κ2) is 8.70. The van der Waals surface area contributed by atoms with Crippen LogP contribution in [0, 0.1) is 0 Å². The maximum atomic E-state index is 12.7. The molecule has 0 atom stereocenters. The number of piperazine rings is 2. The topological polar surface area (TPSA) is 86.3 Å². The fraction of sp³-hybridized carbons (Fsp3) is 0.556. The zero-order valence-corrected chi connectivity index (χ0v) is 15.5. The maximum Gasteiger partial charge on any atom is 0.409 e. The van der Waals surface area contributed by atoms with Crippen molar-refractivity contribution in [1.29, 1.82) is 0 Å². The lowest BCUT2D eigenvalue weighted by molar-refractivity contribution is -0.118. The third-order valence-corrected chi connectivity index (χ3v) is 4.88. The van der Waals surface area contributed by atoms with Crippen molar-refractivity contribution in [2.75, 3.05) is 63.9 Å². The first-order chi connectivity index (χ1) is 13.1. The third kappa shape index (κ3) is 4.47. The molecule has 2 fully saturated rings. The van der Waals surface area contributed by atoms with Crippen LogP contribution < -0.4 is 4.90 Å². The Morgan fingerprint density at radius 3 is 2.26 bits per heavy atom. The number of pyridine rings is 1. The lowest BCUT2D eigenvalue weighted by Crippen LogP contribution is -2.50. The molecule has 27 heavy (non-hydrogen) atoms. The number of ether oxygens (including phenoxy) is 1. The number of amides is 3. The SMILES string of the molecule is CCOC(=O)N1CCN(C(=O)c2ccc(N3CCN(C=O)CC3)nc2)CC1. The van der Waals surface area contributed by atoms with Crippen LogP contribution in [0.5, 0.6) is 0 Å². The van der Waals surface area contributed by atoms with Crippen LogP contribution in [0.3, 0.4) is 0 Å². The van der Waals surface area contributed by atoms with Crippen molar-refractivity contribution in [2.45, 2.75) is 6.92 Å². The molecule has 2 aliphatic heterocycles. The van der Waals surface area contributed by atoms with Gasteiger partial charge in [-0.2, -0.15) is 0 Å². The van der Waals surface area contributed by atoms with E-state index in [2.05, 4.69) is 9.88 Å². The average Bonchev–Trinajstić information content (AvgIpc) is 2.74. The molecule has 3 amide bonds. The minimum absolute atomic E-state index is 0.0802. The highest BCUT2D eigenvalue weighted by Crippen LogP contribution is 2.15. The second-order valence-electron chi connectivity index (χ2n) is 6.51. The first-order valence-corrected chi connectivity index (χ1v) is 9.23. The van der Waals surface area contributed by atoms with E-state index in [0.717, 1.165) is 25.3 Å². The highest BCUT2D eigenvalue weighted by atomic mass is 16.6. The van der Waals surface area contributed by atoms with Gasteiger partial charge in [-0.1, -0.05) is 0 Å². The van der Waals surface area contributed by atoms with E-state index in [-0.39, 0.29) is 12.0 Å². The van der Waals surface area contributed by atoms with E-state index in [1.165, 1.54) is 0 Å². The van der Waals surface area contributed by atoms with Gasteiger partial charge in [-0.05, 0) is 19.1 Å². The van der Waals surface area contributed by atoms with Crippen LogP contribution in [0.1, 0.15) is 17.3 Å². The predicted molar refractivity (Wildman–Crippen MR) is 98.6 cm³/mol. The molecule has 0 unspecified atom stereocenters. The fourth-order valence-corrected chi connectivity index (χ4v) is 3.25. The Kier molecular flexibility index (Phi) is 6.10. The molecular formula is C18H25N5O4. The number of rotatable bonds is 4. The van der Waals surface area contributed by atoms with Crippen molar-refractivity contribution in [3.63, 3.8) is 0 Å². The van der Waals surface area contributed by atoms with Crippen LogP contribution in [-0.2, 0) is 9.53 Å². The van der Waals surface area contributed by atoms with Gasteiger partial charge in [-0.15, -0.1) is 0 Å². The Bertz CT molecular complexity index is 665. The molecule has 3 rings (SSSR count). The third-order valence-electron chi connectivity index (χ3n) is 4.88. The molecule has 0 radical (unpaired) electrons. The van der Waals surface area contributed by atoms with Gasteiger partial charge < -0.3 is 24.3 Å². The number of carbonyl (C=O) groups is 3. The Morgan fingerprint density at radius 2 is 1.70 bits per heavy atom. The van der Waals surface area contributed by atoms with E-state index in [0.29, 0.717) is 51.4 Å². The van der Waals surface area contributed by atoms with Gasteiger partial charge in [0.2, 0.25) is 6.41 Å². The standard InChI is InChI=1S/C18H25N5O4/c1-2-27-18(26)23-11-9-22(10-12-23)17(25)15-3-4-16(19-13-15)21-7-5-20(14-24)6-8-21/h3-4,13-14H,2,5-12H2,1H3. The molecule has 3 heterocycles. The van der Waals surface area contributed by atoms with Crippen LogP contribution >= 0.6 is 0 Å². The van der Waals surface area contributed by atoms with Crippen LogP contribution in [-0.4, -0.2) is 97.1 Å². The molecule has 0 spiro atoms. The minimum Gasteiger partial charge on any atom is -0.450 e. The molecular weight excluding hydrogens is 350 g/mol. The van der Waals surface area contributed by atoms with E-state index < -0.39 is 0 Å². The van der Waals surface area contributed by atoms with Gasteiger partial charge in [0.15, 0.2) is 0 Å². The van der Waals surface area contributed by atoms with Gasteiger partial charge in [0.25, 0.3) is 5.91 Å². The van der Waals surface area contributed by atoms with Crippen molar-refractivity contribution in [3.05, 3.63) is 23.9 Å². The molecule has 146 valence electrons. The predicted octanol–water partition coefficient (Wildman–Crippen LogP) is 0.274. The summed E-state index contributed by atoms with van der Waals surface area (Å²) in [5.41, 5.74) is 0.537. The van der Waals surface area contributed by atoms with Gasteiger partial charge in [0, 0.05) is 58.6 Å². The van der Waals surface area contributed by atoms with Gasteiger partial charge in [-0.25, -0.2) is 9.78 Å². The summed E-state index contributed by atoms with van der Waals surface area (Å²) in [5, 5.41) is 0. The summed E-state index contributed by atoms with van der Waals surface area (Å²) in [5.74, 6) is 0.729. The van der Waals surface area contributed by atoms with E-state index in [1.807, 2.05) is 6.07 Å². The molecule has 1 aromatic rings. The molecule has 0 N–H and O–H groups in total. The summed E-state index contributed by atoms with van der Waals surface area (Å²) in [6.07, 6.45) is 2.14. The van der Waals surface area contributed by atoms with Gasteiger partial charge in [-0.3, -0.25) is 9.59 Å². The zero-order chi connectivity index (χ0) is 19.2. The Labute approximate surface area is 158 Å². The van der Waals surface area contributed by atoms with E-state index in [9.17, 15) is 14.4 Å². The van der Waals surface area contributed by atoms with Crippen molar-refractivity contribution >= 4 is 24.2 Å². The molecule has 0 aliphatic carbocycles. The molecule has 1 aromatic heterocycles. The Balaban J connectivity index is 1.54. The van der Waals surface area contributed by atoms with Gasteiger partial charge in [0.1, 0.15) is 5.82 Å². The summed E-state index contributed by atoms with van der Waals surface area (Å²) in [7, 11) is 0. The van der Waals surface area contributed by atoms with Crippen molar-refractivity contribution < 1.29 is 19.1 Å². The number of anilines is 1. The van der Waals surface area contributed by atoms with E-state index in [1.54, 1.807) is 33.9 Å². The number of aromatic nitrogens is 1. The van der Waals surface area contributed by atoms with Crippen LogP contribution in [0.15, 0.2) is 18.3 Å². The Hall–Kier alpha value is -2.84. The molecule has 2 aliphatic rings. The first-order valence-electron chi connectivity index (χ1n) is 9.23. The monoisotopic (exact) mass is 375 g/mol. The van der Waals surface area contributed by atoms with E-state index in [4.69, 9.17) is 4.74 Å². The molecule has 2 saturated heterocycles. The largest absolute Gasteiger partial charge is 0.450 e. The molecule has 9 heteroatoms.